The molecule has 1 heterocycles. The first-order chi connectivity index (χ1) is 7.56. The van der Waals surface area contributed by atoms with Gasteiger partial charge >= 0.3 is 0 Å². The maximum Gasteiger partial charge on any atom is 0.0243 e. The van der Waals surface area contributed by atoms with Crippen molar-refractivity contribution in [1.82, 2.24) is 15.1 Å². The molecule has 0 amide bonds. The van der Waals surface area contributed by atoms with Gasteiger partial charge in [-0.25, -0.2) is 0 Å². The maximum atomic E-state index is 3.33. The van der Waals surface area contributed by atoms with Crippen LogP contribution in [0.1, 0.15) is 26.7 Å². The molecule has 16 heavy (non-hydrogen) atoms. The third kappa shape index (κ3) is 3.72. The van der Waals surface area contributed by atoms with Crippen molar-refractivity contribution in [2.75, 3.05) is 40.8 Å². The second-order valence-corrected chi connectivity index (χ2v) is 5.59. The number of likely N-dealkylation sites (tertiary alicyclic amines) is 1. The van der Waals surface area contributed by atoms with Crippen LogP contribution in [0.25, 0.3) is 0 Å². The fourth-order valence-corrected chi connectivity index (χ4v) is 2.80. The van der Waals surface area contributed by atoms with E-state index in [2.05, 4.69) is 50.1 Å². The highest BCUT2D eigenvalue weighted by molar-refractivity contribution is 4.84. The topological polar surface area (TPSA) is 18.5 Å². The van der Waals surface area contributed by atoms with Crippen molar-refractivity contribution < 1.29 is 0 Å². The zero-order valence-electron chi connectivity index (χ0n) is 11.7. The van der Waals surface area contributed by atoms with Crippen molar-refractivity contribution >= 4 is 0 Å². The van der Waals surface area contributed by atoms with Gasteiger partial charge in [-0.1, -0.05) is 13.8 Å². The quantitative estimate of drug-likeness (QED) is 0.763. The van der Waals surface area contributed by atoms with Gasteiger partial charge in [0.05, 0.1) is 0 Å². The molecule has 0 aliphatic carbocycles. The molecule has 1 aliphatic heterocycles. The lowest BCUT2D eigenvalue weighted by atomic mass is 9.97. The van der Waals surface area contributed by atoms with Gasteiger partial charge in [0.1, 0.15) is 0 Å². The van der Waals surface area contributed by atoms with Crippen LogP contribution in [-0.2, 0) is 0 Å². The molecule has 0 spiro atoms. The van der Waals surface area contributed by atoms with Crippen LogP contribution in [0.15, 0.2) is 0 Å². The van der Waals surface area contributed by atoms with E-state index in [0.29, 0.717) is 12.0 Å². The van der Waals surface area contributed by atoms with Gasteiger partial charge in [0, 0.05) is 25.2 Å². The minimum absolute atomic E-state index is 0.654. The number of hydrogen-bond acceptors (Lipinski definition) is 3. The molecule has 0 aromatic heterocycles. The lowest BCUT2D eigenvalue weighted by Crippen LogP contribution is -2.53. The fourth-order valence-electron chi connectivity index (χ4n) is 2.80. The molecule has 1 fully saturated rings. The molecule has 2 atom stereocenters. The molecule has 1 N–H and O–H groups in total. The van der Waals surface area contributed by atoms with Gasteiger partial charge in [0.25, 0.3) is 0 Å². The Balaban J connectivity index is 2.54. The van der Waals surface area contributed by atoms with E-state index in [9.17, 15) is 0 Å². The second-order valence-electron chi connectivity index (χ2n) is 5.59. The third-order valence-corrected chi connectivity index (χ3v) is 3.88. The Kier molecular flexibility index (Phi) is 5.73. The normalized spacial score (nSPS) is 25.3. The summed E-state index contributed by atoms with van der Waals surface area (Å²) in [4.78, 5) is 5.05. The molecule has 2 unspecified atom stereocenters. The molecule has 0 aromatic rings. The van der Waals surface area contributed by atoms with E-state index < -0.39 is 0 Å². The summed E-state index contributed by atoms with van der Waals surface area (Å²) < 4.78 is 0. The highest BCUT2D eigenvalue weighted by Gasteiger charge is 2.27. The average molecular weight is 227 g/mol. The van der Waals surface area contributed by atoms with E-state index >= 15 is 0 Å². The van der Waals surface area contributed by atoms with Crippen LogP contribution in [0.4, 0.5) is 0 Å². The van der Waals surface area contributed by atoms with Crippen LogP contribution in [0.5, 0.6) is 0 Å². The van der Waals surface area contributed by atoms with Crippen molar-refractivity contribution in [2.24, 2.45) is 5.92 Å². The van der Waals surface area contributed by atoms with Gasteiger partial charge < -0.3 is 10.2 Å². The smallest absolute Gasteiger partial charge is 0.0243 e. The van der Waals surface area contributed by atoms with E-state index in [1.54, 1.807) is 0 Å². The highest BCUT2D eigenvalue weighted by Crippen LogP contribution is 2.18. The summed E-state index contributed by atoms with van der Waals surface area (Å²) in [6.45, 7) is 8.23. The zero-order valence-corrected chi connectivity index (χ0v) is 11.7. The maximum absolute atomic E-state index is 3.33. The van der Waals surface area contributed by atoms with Crippen molar-refractivity contribution in [2.45, 2.75) is 38.8 Å². The summed E-state index contributed by atoms with van der Waals surface area (Å²) in [7, 11) is 6.59. The van der Waals surface area contributed by atoms with Gasteiger partial charge in [0.2, 0.25) is 0 Å². The summed E-state index contributed by atoms with van der Waals surface area (Å²) in [6, 6.07) is 1.39. The van der Waals surface area contributed by atoms with Crippen LogP contribution < -0.4 is 5.32 Å². The van der Waals surface area contributed by atoms with E-state index in [1.165, 1.54) is 25.9 Å². The van der Waals surface area contributed by atoms with Crippen molar-refractivity contribution in [1.29, 1.82) is 0 Å². The Hall–Kier alpha value is -0.120. The highest BCUT2D eigenvalue weighted by atomic mass is 15.2. The molecule has 0 bridgehead atoms. The Bertz CT molecular complexity index is 194. The molecular formula is C13H29N3. The Labute approximate surface area is 101 Å². The van der Waals surface area contributed by atoms with Gasteiger partial charge in [0.15, 0.2) is 0 Å². The SMILES string of the molecule is CNCC(C(C)C)N(C)C1CCCN(C)C1. The summed E-state index contributed by atoms with van der Waals surface area (Å²) >= 11 is 0. The molecule has 3 heteroatoms. The first-order valence-corrected chi connectivity index (χ1v) is 6.61. The summed E-state index contributed by atoms with van der Waals surface area (Å²) in [5.41, 5.74) is 0. The van der Waals surface area contributed by atoms with Crippen LogP contribution in [0, 0.1) is 5.92 Å². The predicted molar refractivity (Wildman–Crippen MR) is 70.8 cm³/mol. The molecule has 1 aliphatic rings. The standard InChI is InChI=1S/C13H29N3/c1-11(2)13(9-14-3)16(5)12-7-6-8-15(4)10-12/h11-14H,6-10H2,1-5H3. The minimum Gasteiger partial charge on any atom is -0.318 e. The summed E-state index contributed by atoms with van der Waals surface area (Å²) in [5, 5.41) is 3.33. The van der Waals surface area contributed by atoms with Crippen LogP contribution in [0.2, 0.25) is 0 Å². The molecule has 0 aromatic carbocycles. The molecule has 3 nitrogen and oxygen atoms in total. The van der Waals surface area contributed by atoms with Crippen molar-refractivity contribution in [3.05, 3.63) is 0 Å². The van der Waals surface area contributed by atoms with Crippen LogP contribution in [0.3, 0.4) is 0 Å². The van der Waals surface area contributed by atoms with E-state index in [-0.39, 0.29) is 0 Å². The Morgan fingerprint density at radius 3 is 2.62 bits per heavy atom. The Morgan fingerprint density at radius 2 is 2.12 bits per heavy atom. The van der Waals surface area contributed by atoms with Gasteiger partial charge in [-0.05, 0) is 46.4 Å². The summed E-state index contributed by atoms with van der Waals surface area (Å²) in [5.74, 6) is 0.713. The fraction of sp³-hybridized carbons (Fsp3) is 1.00. The first-order valence-electron chi connectivity index (χ1n) is 6.61. The summed E-state index contributed by atoms with van der Waals surface area (Å²) in [6.07, 6.45) is 2.70. The lowest BCUT2D eigenvalue weighted by molar-refractivity contribution is 0.0790. The Morgan fingerprint density at radius 1 is 1.44 bits per heavy atom. The number of hydrogen-bond donors (Lipinski definition) is 1. The predicted octanol–water partition coefficient (Wildman–Crippen LogP) is 1.26. The van der Waals surface area contributed by atoms with Crippen LogP contribution >= 0.6 is 0 Å². The second kappa shape index (κ2) is 6.58. The number of nitrogens with zero attached hydrogens (tertiary/aromatic N) is 2. The monoisotopic (exact) mass is 227 g/mol. The van der Waals surface area contributed by atoms with Gasteiger partial charge in [-0.15, -0.1) is 0 Å². The molecule has 1 rings (SSSR count). The van der Waals surface area contributed by atoms with Gasteiger partial charge in [-0.2, -0.15) is 0 Å². The van der Waals surface area contributed by atoms with Crippen LogP contribution in [-0.4, -0.2) is 62.7 Å². The van der Waals surface area contributed by atoms with Crippen molar-refractivity contribution in [3.63, 3.8) is 0 Å². The lowest BCUT2D eigenvalue weighted by Gasteiger charge is -2.41. The number of rotatable bonds is 5. The van der Waals surface area contributed by atoms with Crippen molar-refractivity contribution in [3.8, 4) is 0 Å². The third-order valence-electron chi connectivity index (χ3n) is 3.88. The molecule has 0 radical (unpaired) electrons. The van der Waals surface area contributed by atoms with E-state index in [0.717, 1.165) is 12.6 Å². The van der Waals surface area contributed by atoms with Gasteiger partial charge in [-0.3, -0.25) is 4.90 Å². The molecular weight excluding hydrogens is 198 g/mol. The van der Waals surface area contributed by atoms with E-state index in [4.69, 9.17) is 0 Å². The average Bonchev–Trinajstić information content (AvgIpc) is 2.24. The molecule has 96 valence electrons. The first kappa shape index (κ1) is 13.9. The largest absolute Gasteiger partial charge is 0.318 e. The number of nitrogens with one attached hydrogen (secondary N) is 1. The number of likely N-dealkylation sites (N-methyl/N-ethyl adjacent to an activating group) is 3. The van der Waals surface area contributed by atoms with E-state index in [1.807, 2.05) is 0 Å². The molecule has 0 saturated carbocycles. The molecule has 1 saturated heterocycles. The minimum atomic E-state index is 0.654. The number of piperidine rings is 1. The zero-order chi connectivity index (χ0) is 12.1.